The van der Waals surface area contributed by atoms with Crippen molar-refractivity contribution in [1.82, 2.24) is 10.0 Å². The summed E-state index contributed by atoms with van der Waals surface area (Å²) in [5.74, 6) is -0.282. The monoisotopic (exact) mass is 282 g/mol. The van der Waals surface area contributed by atoms with Gasteiger partial charge in [0.25, 0.3) is 0 Å². The highest BCUT2D eigenvalue weighted by Crippen LogP contribution is 2.18. The molecule has 1 aliphatic carbocycles. The van der Waals surface area contributed by atoms with Crippen LogP contribution >= 0.6 is 0 Å². The molecule has 6 heteroatoms. The molecule has 1 aromatic rings. The molecular weight excluding hydrogens is 264 g/mol. The van der Waals surface area contributed by atoms with Crippen molar-refractivity contribution < 1.29 is 13.2 Å². The molecule has 0 saturated heterocycles. The Labute approximate surface area is 113 Å². The molecular formula is C13H18N2O3S. The standard InChI is InChI=1S/C13H18N2O3S/c1-9-3-6-12(7-10(9)2)19(17,18)14-8-13(16)15-11-4-5-11/h3,6-7,11,14H,4-5,8H2,1-2H3,(H,15,16). The number of carbonyl (C=O) groups excluding carboxylic acids is 1. The van der Waals surface area contributed by atoms with Crippen LogP contribution in [0.3, 0.4) is 0 Å². The van der Waals surface area contributed by atoms with E-state index in [1.807, 2.05) is 13.8 Å². The van der Waals surface area contributed by atoms with E-state index in [1.165, 1.54) is 0 Å². The summed E-state index contributed by atoms with van der Waals surface area (Å²) in [5, 5.41) is 2.73. The van der Waals surface area contributed by atoms with Gasteiger partial charge in [-0.3, -0.25) is 4.79 Å². The normalized spacial score (nSPS) is 15.3. The van der Waals surface area contributed by atoms with Gasteiger partial charge in [-0.05, 0) is 49.9 Å². The van der Waals surface area contributed by atoms with Crippen molar-refractivity contribution in [3.63, 3.8) is 0 Å². The van der Waals surface area contributed by atoms with Gasteiger partial charge in [-0.15, -0.1) is 0 Å². The van der Waals surface area contributed by atoms with Crippen LogP contribution in [0, 0.1) is 13.8 Å². The smallest absolute Gasteiger partial charge is 0.241 e. The second-order valence-electron chi connectivity index (χ2n) is 4.91. The van der Waals surface area contributed by atoms with Crippen LogP contribution in [0.1, 0.15) is 24.0 Å². The van der Waals surface area contributed by atoms with Crippen molar-refractivity contribution in [2.24, 2.45) is 0 Å². The summed E-state index contributed by atoms with van der Waals surface area (Å²) in [6, 6.07) is 5.15. The second-order valence-corrected chi connectivity index (χ2v) is 6.68. The van der Waals surface area contributed by atoms with Gasteiger partial charge in [0.1, 0.15) is 0 Å². The number of benzene rings is 1. The highest BCUT2D eigenvalue weighted by molar-refractivity contribution is 7.89. The Kier molecular flexibility index (Phi) is 3.91. The van der Waals surface area contributed by atoms with Crippen LogP contribution in [-0.2, 0) is 14.8 Å². The van der Waals surface area contributed by atoms with Crippen molar-refractivity contribution in [2.75, 3.05) is 6.54 Å². The molecule has 19 heavy (non-hydrogen) atoms. The Morgan fingerprint density at radius 3 is 2.53 bits per heavy atom. The Morgan fingerprint density at radius 1 is 1.26 bits per heavy atom. The van der Waals surface area contributed by atoms with Gasteiger partial charge < -0.3 is 5.32 Å². The van der Waals surface area contributed by atoms with E-state index in [0.29, 0.717) is 0 Å². The maximum atomic E-state index is 12.0. The third kappa shape index (κ3) is 3.78. The average Bonchev–Trinajstić information content (AvgIpc) is 3.14. The van der Waals surface area contributed by atoms with Crippen molar-refractivity contribution in [1.29, 1.82) is 0 Å². The molecule has 0 aliphatic heterocycles. The number of nitrogens with one attached hydrogen (secondary N) is 2. The summed E-state index contributed by atoms with van der Waals surface area (Å²) in [6.07, 6.45) is 1.96. The van der Waals surface area contributed by atoms with Crippen LogP contribution in [0.15, 0.2) is 23.1 Å². The van der Waals surface area contributed by atoms with Gasteiger partial charge in [0, 0.05) is 6.04 Å². The van der Waals surface area contributed by atoms with Crippen molar-refractivity contribution >= 4 is 15.9 Å². The summed E-state index contributed by atoms with van der Waals surface area (Å²) >= 11 is 0. The first-order valence-electron chi connectivity index (χ1n) is 6.25. The first kappa shape index (κ1) is 14.0. The lowest BCUT2D eigenvalue weighted by molar-refractivity contribution is -0.120. The van der Waals surface area contributed by atoms with Gasteiger partial charge in [-0.1, -0.05) is 6.07 Å². The summed E-state index contributed by atoms with van der Waals surface area (Å²) in [6.45, 7) is 3.56. The first-order valence-corrected chi connectivity index (χ1v) is 7.73. The van der Waals surface area contributed by atoms with E-state index in [2.05, 4.69) is 10.0 Å². The van der Waals surface area contributed by atoms with Gasteiger partial charge in [-0.2, -0.15) is 0 Å². The van der Waals surface area contributed by atoms with E-state index in [0.717, 1.165) is 24.0 Å². The van der Waals surface area contributed by atoms with Gasteiger partial charge in [0.05, 0.1) is 11.4 Å². The first-order chi connectivity index (χ1) is 8.88. The molecule has 0 atom stereocenters. The number of rotatable bonds is 5. The zero-order valence-electron chi connectivity index (χ0n) is 11.1. The lowest BCUT2D eigenvalue weighted by Gasteiger charge is -2.08. The average molecular weight is 282 g/mol. The zero-order chi connectivity index (χ0) is 14.0. The fourth-order valence-corrected chi connectivity index (χ4v) is 2.70. The Balaban J connectivity index is 2.00. The number of amides is 1. The van der Waals surface area contributed by atoms with Crippen LogP contribution in [-0.4, -0.2) is 26.9 Å². The highest BCUT2D eigenvalue weighted by Gasteiger charge is 2.24. The third-order valence-electron chi connectivity index (χ3n) is 3.15. The topological polar surface area (TPSA) is 75.3 Å². The van der Waals surface area contributed by atoms with Crippen molar-refractivity contribution in [2.45, 2.75) is 37.6 Å². The summed E-state index contributed by atoms with van der Waals surface area (Å²) in [4.78, 5) is 11.6. The molecule has 0 unspecified atom stereocenters. The number of hydrogen-bond acceptors (Lipinski definition) is 3. The lowest BCUT2D eigenvalue weighted by Crippen LogP contribution is -2.37. The van der Waals surface area contributed by atoms with E-state index in [9.17, 15) is 13.2 Å². The molecule has 2 rings (SSSR count). The maximum Gasteiger partial charge on any atom is 0.241 e. The Bertz CT molecular complexity index is 592. The maximum absolute atomic E-state index is 12.0. The molecule has 0 bridgehead atoms. The van der Waals surface area contributed by atoms with Crippen molar-refractivity contribution in [3.8, 4) is 0 Å². The minimum atomic E-state index is -3.62. The second kappa shape index (κ2) is 5.30. The molecule has 0 radical (unpaired) electrons. The van der Waals surface area contributed by atoms with Gasteiger partial charge in [-0.25, -0.2) is 13.1 Å². The van der Waals surface area contributed by atoms with E-state index < -0.39 is 10.0 Å². The van der Waals surface area contributed by atoms with Crippen LogP contribution in [0.25, 0.3) is 0 Å². The van der Waals surface area contributed by atoms with Crippen molar-refractivity contribution in [3.05, 3.63) is 29.3 Å². The number of aryl methyl sites for hydroxylation is 2. The van der Waals surface area contributed by atoms with Crippen LogP contribution in [0.5, 0.6) is 0 Å². The minimum absolute atomic E-state index is 0.190. The quantitative estimate of drug-likeness (QED) is 0.841. The number of sulfonamides is 1. The molecule has 104 valence electrons. The molecule has 5 nitrogen and oxygen atoms in total. The molecule has 2 N–H and O–H groups in total. The fraction of sp³-hybridized carbons (Fsp3) is 0.462. The number of carbonyl (C=O) groups is 1. The Hall–Kier alpha value is -1.40. The van der Waals surface area contributed by atoms with E-state index in [-0.39, 0.29) is 23.4 Å². The van der Waals surface area contributed by atoms with E-state index in [1.54, 1.807) is 18.2 Å². The zero-order valence-corrected chi connectivity index (χ0v) is 11.9. The predicted molar refractivity (Wildman–Crippen MR) is 72.3 cm³/mol. The molecule has 0 spiro atoms. The molecule has 1 saturated carbocycles. The predicted octanol–water partition coefficient (Wildman–Crippen LogP) is 0.860. The molecule has 1 aliphatic rings. The highest BCUT2D eigenvalue weighted by atomic mass is 32.2. The van der Waals surface area contributed by atoms with Crippen LogP contribution in [0.4, 0.5) is 0 Å². The van der Waals surface area contributed by atoms with E-state index >= 15 is 0 Å². The van der Waals surface area contributed by atoms with Gasteiger partial charge in [0.15, 0.2) is 0 Å². The SMILES string of the molecule is Cc1ccc(S(=O)(=O)NCC(=O)NC2CC2)cc1C. The minimum Gasteiger partial charge on any atom is -0.352 e. The molecule has 1 aromatic carbocycles. The number of hydrogen-bond donors (Lipinski definition) is 2. The fourth-order valence-electron chi connectivity index (χ4n) is 1.63. The molecule has 1 amide bonds. The van der Waals surface area contributed by atoms with Crippen LogP contribution < -0.4 is 10.0 Å². The summed E-state index contributed by atoms with van der Waals surface area (Å²) in [7, 11) is -3.62. The van der Waals surface area contributed by atoms with Gasteiger partial charge >= 0.3 is 0 Å². The largest absolute Gasteiger partial charge is 0.352 e. The lowest BCUT2D eigenvalue weighted by atomic mass is 10.1. The summed E-state index contributed by atoms with van der Waals surface area (Å²) in [5.41, 5.74) is 1.94. The molecule has 1 fully saturated rings. The van der Waals surface area contributed by atoms with E-state index in [4.69, 9.17) is 0 Å². The summed E-state index contributed by atoms with van der Waals surface area (Å²) < 4.78 is 26.3. The molecule has 0 heterocycles. The van der Waals surface area contributed by atoms with Gasteiger partial charge in [0.2, 0.25) is 15.9 Å². The molecule has 0 aromatic heterocycles. The third-order valence-corrected chi connectivity index (χ3v) is 4.55. The Morgan fingerprint density at radius 2 is 1.95 bits per heavy atom. The van der Waals surface area contributed by atoms with Crippen LogP contribution in [0.2, 0.25) is 0 Å².